The number of ether oxygens (including phenoxy) is 1. The second-order valence-electron chi connectivity index (χ2n) is 7.43. The summed E-state index contributed by atoms with van der Waals surface area (Å²) >= 11 is 9.08. The van der Waals surface area contributed by atoms with Crippen molar-refractivity contribution in [1.29, 1.82) is 0 Å². The van der Waals surface area contributed by atoms with Crippen LogP contribution in [0.5, 0.6) is 5.75 Å². The summed E-state index contributed by atoms with van der Waals surface area (Å²) < 4.78 is 8.55. The zero-order chi connectivity index (χ0) is 22.5. The Morgan fingerprint density at radius 1 is 1.31 bits per heavy atom. The van der Waals surface area contributed by atoms with Gasteiger partial charge in [-0.3, -0.25) is 4.79 Å². The van der Waals surface area contributed by atoms with E-state index in [1.165, 1.54) is 0 Å². The smallest absolute Gasteiger partial charge is 0.217 e. The topological polar surface area (TPSA) is 73.1 Å². The molecule has 2 aromatic heterocycles. The average molecular weight is 512 g/mol. The number of ketones is 1. The molecule has 0 saturated carbocycles. The maximum absolute atomic E-state index is 12.5. The van der Waals surface area contributed by atoms with Gasteiger partial charge in [-0.05, 0) is 36.2 Å². The molecule has 0 spiro atoms. The van der Waals surface area contributed by atoms with E-state index in [2.05, 4.69) is 31.0 Å². The van der Waals surface area contributed by atoms with Gasteiger partial charge in [0.15, 0.2) is 11.6 Å². The molecular weight excluding hydrogens is 490 g/mol. The fourth-order valence-electron chi connectivity index (χ4n) is 3.40. The predicted molar refractivity (Wildman–Crippen MR) is 130 cm³/mol. The highest BCUT2D eigenvalue weighted by Gasteiger charge is 2.25. The van der Waals surface area contributed by atoms with Crippen molar-refractivity contribution in [3.63, 3.8) is 0 Å². The summed E-state index contributed by atoms with van der Waals surface area (Å²) in [5, 5.41) is 4.32. The van der Waals surface area contributed by atoms with Crippen LogP contribution in [0, 0.1) is 5.92 Å². The van der Waals surface area contributed by atoms with Crippen LogP contribution >= 0.6 is 28.1 Å². The molecule has 0 fully saturated rings. The van der Waals surface area contributed by atoms with Crippen LogP contribution in [0.25, 0.3) is 0 Å². The Balaban J connectivity index is 1.30. The third-order valence-corrected chi connectivity index (χ3v) is 6.13. The van der Waals surface area contributed by atoms with Gasteiger partial charge in [0, 0.05) is 24.1 Å². The Hall–Kier alpha value is -2.91. The molecule has 164 valence electrons. The first-order valence-electron chi connectivity index (χ1n) is 10.2. The molecule has 0 N–H and O–H groups in total. The molecule has 7 nitrogen and oxygen atoms in total. The summed E-state index contributed by atoms with van der Waals surface area (Å²) in [4.78, 5) is 23.6. The van der Waals surface area contributed by atoms with Crippen molar-refractivity contribution in [3.05, 3.63) is 76.9 Å². The fourth-order valence-corrected chi connectivity index (χ4v) is 4.08. The molecule has 4 rings (SSSR count). The van der Waals surface area contributed by atoms with Crippen LogP contribution in [0.2, 0.25) is 0 Å². The number of nitrogens with zero attached hydrogens (tertiary/aromatic N) is 5. The molecule has 0 bridgehead atoms. The van der Waals surface area contributed by atoms with Gasteiger partial charge < -0.3 is 9.64 Å². The standard InChI is InChI=1S/C23H22BrN5O2S/c1-28-22-20(10-5-11-25-22)31-14-17(23(28)32)7-2-3-9-19(30)21-26-15-29(27-21)13-16-6-4-8-18(24)12-16/h2,4-8,10-12,15,17H,3,9,13-14H2,1H3/b7-2+/t17-/m0/s1. The number of Topliss-reactive ketones (excluding diaryl/α,β-unsaturated/α-hetero) is 1. The summed E-state index contributed by atoms with van der Waals surface area (Å²) in [6.07, 6.45) is 8.18. The van der Waals surface area contributed by atoms with E-state index in [-0.39, 0.29) is 17.5 Å². The molecule has 0 amide bonds. The Labute approximate surface area is 200 Å². The molecule has 1 atom stereocenters. The number of rotatable bonds is 7. The van der Waals surface area contributed by atoms with Crippen molar-refractivity contribution in [1.82, 2.24) is 19.7 Å². The van der Waals surface area contributed by atoms with E-state index in [4.69, 9.17) is 17.0 Å². The van der Waals surface area contributed by atoms with Crippen molar-refractivity contribution < 1.29 is 9.53 Å². The highest BCUT2D eigenvalue weighted by molar-refractivity contribution is 9.10. The molecule has 1 aliphatic rings. The molecule has 1 aromatic carbocycles. The van der Waals surface area contributed by atoms with E-state index in [9.17, 15) is 4.79 Å². The number of carbonyl (C=O) groups excluding carboxylic acids is 1. The van der Waals surface area contributed by atoms with Gasteiger partial charge in [-0.1, -0.05) is 52.4 Å². The summed E-state index contributed by atoms with van der Waals surface area (Å²) in [5.74, 6) is 1.52. The van der Waals surface area contributed by atoms with E-state index < -0.39 is 0 Å². The molecule has 0 unspecified atom stereocenters. The lowest BCUT2D eigenvalue weighted by Crippen LogP contribution is -2.31. The van der Waals surface area contributed by atoms with Crippen LogP contribution in [0.4, 0.5) is 5.82 Å². The Morgan fingerprint density at radius 2 is 2.19 bits per heavy atom. The number of pyridine rings is 1. The number of benzene rings is 1. The van der Waals surface area contributed by atoms with Crippen LogP contribution in [0.3, 0.4) is 0 Å². The fraction of sp³-hybridized carbons (Fsp3) is 0.261. The first-order chi connectivity index (χ1) is 15.5. The number of aromatic nitrogens is 4. The minimum Gasteiger partial charge on any atom is -0.489 e. The van der Waals surface area contributed by atoms with Crippen molar-refractivity contribution in [2.45, 2.75) is 19.4 Å². The SMILES string of the molecule is CN1C(=S)[C@@H](/C=C/CCC(=O)c2ncn(Cc3cccc(Br)c3)n2)COc2cccnc21. The number of allylic oxidation sites excluding steroid dienone is 1. The van der Waals surface area contributed by atoms with Crippen molar-refractivity contribution in [2.24, 2.45) is 5.92 Å². The predicted octanol–water partition coefficient (Wildman–Crippen LogP) is 4.48. The molecule has 9 heteroatoms. The quantitative estimate of drug-likeness (QED) is 0.263. The van der Waals surface area contributed by atoms with E-state index in [1.54, 1.807) is 17.2 Å². The van der Waals surface area contributed by atoms with Gasteiger partial charge in [-0.25, -0.2) is 14.6 Å². The molecule has 3 aromatic rings. The highest BCUT2D eigenvalue weighted by Crippen LogP contribution is 2.30. The van der Waals surface area contributed by atoms with Crippen LogP contribution in [-0.2, 0) is 6.54 Å². The monoisotopic (exact) mass is 511 g/mol. The minimum atomic E-state index is -0.0870. The largest absolute Gasteiger partial charge is 0.489 e. The first kappa shape index (κ1) is 22.3. The van der Waals surface area contributed by atoms with E-state index >= 15 is 0 Å². The van der Waals surface area contributed by atoms with Gasteiger partial charge >= 0.3 is 0 Å². The van der Waals surface area contributed by atoms with Gasteiger partial charge in [-0.2, -0.15) is 0 Å². The molecule has 1 aliphatic heterocycles. The van der Waals surface area contributed by atoms with E-state index in [1.807, 2.05) is 60.5 Å². The third-order valence-electron chi connectivity index (χ3n) is 5.06. The van der Waals surface area contributed by atoms with Crippen LogP contribution < -0.4 is 9.64 Å². The van der Waals surface area contributed by atoms with E-state index in [0.717, 1.165) is 15.0 Å². The molecule has 0 aliphatic carbocycles. The number of fused-ring (bicyclic) bond motifs is 1. The third kappa shape index (κ3) is 5.28. The van der Waals surface area contributed by atoms with Crippen LogP contribution in [0.1, 0.15) is 29.0 Å². The summed E-state index contributed by atoms with van der Waals surface area (Å²) in [7, 11) is 1.89. The highest BCUT2D eigenvalue weighted by atomic mass is 79.9. The second kappa shape index (κ2) is 10.1. The van der Waals surface area contributed by atoms with Crippen molar-refractivity contribution >= 4 is 44.7 Å². The Bertz CT molecular complexity index is 1160. The molecular formula is C23H22BrN5O2S. The second-order valence-corrected chi connectivity index (χ2v) is 8.76. The van der Waals surface area contributed by atoms with E-state index in [0.29, 0.717) is 37.6 Å². The maximum Gasteiger partial charge on any atom is 0.217 e. The molecule has 3 heterocycles. The number of anilines is 1. The average Bonchev–Trinajstić information content (AvgIpc) is 3.22. The van der Waals surface area contributed by atoms with Crippen LogP contribution in [0.15, 0.2) is 65.5 Å². The normalized spacial score (nSPS) is 16.0. The Morgan fingerprint density at radius 3 is 3.03 bits per heavy atom. The number of hydrogen-bond acceptors (Lipinski definition) is 6. The number of halogens is 1. The molecule has 0 radical (unpaired) electrons. The first-order valence-corrected chi connectivity index (χ1v) is 11.4. The van der Waals surface area contributed by atoms with Crippen molar-refractivity contribution in [2.75, 3.05) is 18.6 Å². The van der Waals surface area contributed by atoms with Gasteiger partial charge in [0.1, 0.15) is 12.9 Å². The summed E-state index contributed by atoms with van der Waals surface area (Å²) in [5.41, 5.74) is 1.08. The van der Waals surface area contributed by atoms with Crippen molar-refractivity contribution in [3.8, 4) is 5.75 Å². The zero-order valence-corrected chi connectivity index (χ0v) is 19.9. The van der Waals surface area contributed by atoms with Gasteiger partial charge in [0.2, 0.25) is 11.6 Å². The number of carbonyl (C=O) groups is 1. The number of thiocarbonyl (C=S) groups is 1. The Kier molecular flexibility index (Phi) is 7.06. The molecule has 32 heavy (non-hydrogen) atoms. The summed E-state index contributed by atoms with van der Waals surface area (Å²) in [6.45, 7) is 0.997. The lowest BCUT2D eigenvalue weighted by Gasteiger charge is -2.19. The lowest BCUT2D eigenvalue weighted by atomic mass is 10.1. The van der Waals surface area contributed by atoms with Gasteiger partial charge in [0.25, 0.3) is 0 Å². The minimum absolute atomic E-state index is 0.0677. The zero-order valence-electron chi connectivity index (χ0n) is 17.5. The number of hydrogen-bond donors (Lipinski definition) is 0. The lowest BCUT2D eigenvalue weighted by molar-refractivity contribution is 0.0973. The van der Waals surface area contributed by atoms with Crippen LogP contribution in [-0.4, -0.2) is 44.2 Å². The molecule has 0 saturated heterocycles. The summed E-state index contributed by atoms with van der Waals surface area (Å²) in [6, 6.07) is 11.7. The van der Waals surface area contributed by atoms with Gasteiger partial charge in [0.05, 0.1) is 17.5 Å². The maximum atomic E-state index is 12.5. The van der Waals surface area contributed by atoms with Gasteiger partial charge in [-0.15, -0.1) is 5.10 Å².